The fourth-order valence-corrected chi connectivity index (χ4v) is 18.6. The standard InChI is InChI=1S/C87H82N2/c1-9-87(8)80-49-61(39-43-65(80)71-52-78-70(53-81(71)87)63-35-23-25-37-75(63)85(78,4)5)89(57-32-20-13-21-33-57)59-41-45-67-73(47-59)83(55-28-16-11-17-29-55)66-44-40-58(46-72(66)82(67)54-26-14-10-15-27-54)88(56-30-18-12-19-31-56)60-38-42-64-69-51-77-68(50-79(69)86(6,7)76(64)48-60)62-34-22-24-36-74(62)84(77,2)3/h12-13,18-25,30-55H,9-11,14-17,26-29H2,1-8H3. The smallest absolute Gasteiger partial charge is 0.0468 e. The minimum absolute atomic E-state index is 0.0564. The van der Waals surface area contributed by atoms with E-state index in [9.17, 15) is 0 Å². The Morgan fingerprint density at radius 2 is 0.607 bits per heavy atom. The molecule has 11 aromatic rings. The van der Waals surface area contributed by atoms with E-state index in [0.717, 1.165) is 6.42 Å². The molecule has 440 valence electrons. The monoisotopic (exact) mass is 1150 g/mol. The van der Waals surface area contributed by atoms with Crippen LogP contribution in [0.1, 0.15) is 193 Å². The van der Waals surface area contributed by atoms with Gasteiger partial charge >= 0.3 is 0 Å². The lowest BCUT2D eigenvalue weighted by Gasteiger charge is -2.33. The molecule has 0 saturated heterocycles. The molecule has 0 heterocycles. The third-order valence-electron chi connectivity index (χ3n) is 23.5. The molecular weight excluding hydrogens is 1070 g/mol. The minimum atomic E-state index is -0.186. The molecule has 17 rings (SSSR count). The van der Waals surface area contributed by atoms with Crippen LogP contribution in [0.2, 0.25) is 0 Å². The Morgan fingerprint density at radius 1 is 0.281 bits per heavy atom. The first-order chi connectivity index (χ1) is 43.2. The largest absolute Gasteiger partial charge is 0.310 e. The summed E-state index contributed by atoms with van der Waals surface area (Å²) in [5, 5.41) is 5.83. The number of anilines is 6. The number of hydrogen-bond donors (Lipinski definition) is 0. The van der Waals surface area contributed by atoms with Crippen LogP contribution in [0.15, 0.2) is 206 Å². The van der Waals surface area contributed by atoms with E-state index < -0.39 is 0 Å². The number of rotatable bonds is 9. The van der Waals surface area contributed by atoms with Gasteiger partial charge in [0.1, 0.15) is 0 Å². The molecule has 0 spiro atoms. The summed E-state index contributed by atoms with van der Waals surface area (Å²) in [6, 6.07) is 81.2. The van der Waals surface area contributed by atoms with Crippen LogP contribution in [0.25, 0.3) is 66.1 Å². The van der Waals surface area contributed by atoms with Gasteiger partial charge in [-0.25, -0.2) is 0 Å². The summed E-state index contributed by atoms with van der Waals surface area (Å²) in [7, 11) is 0. The van der Waals surface area contributed by atoms with E-state index in [0.29, 0.717) is 11.8 Å². The van der Waals surface area contributed by atoms with Crippen LogP contribution < -0.4 is 9.80 Å². The molecule has 0 aliphatic heterocycles. The van der Waals surface area contributed by atoms with Crippen LogP contribution in [0.4, 0.5) is 34.1 Å². The summed E-state index contributed by atoms with van der Waals surface area (Å²) in [5.41, 5.74) is 32.6. The Hall–Kier alpha value is -8.46. The van der Waals surface area contributed by atoms with Crippen molar-refractivity contribution in [3.63, 3.8) is 0 Å². The van der Waals surface area contributed by atoms with Gasteiger partial charge in [-0.15, -0.1) is 0 Å². The number of benzene rings is 11. The van der Waals surface area contributed by atoms with Crippen LogP contribution in [0.3, 0.4) is 0 Å². The van der Waals surface area contributed by atoms with Crippen molar-refractivity contribution in [1.82, 2.24) is 0 Å². The Kier molecular flexibility index (Phi) is 12.3. The van der Waals surface area contributed by atoms with Gasteiger partial charge in [-0.3, -0.25) is 0 Å². The number of hydrogen-bond acceptors (Lipinski definition) is 2. The van der Waals surface area contributed by atoms with Crippen LogP contribution in [-0.4, -0.2) is 0 Å². The number of nitrogens with zero attached hydrogens (tertiary/aromatic N) is 2. The second-order valence-corrected chi connectivity index (χ2v) is 29.3. The molecule has 0 N–H and O–H groups in total. The van der Waals surface area contributed by atoms with Gasteiger partial charge in [0, 0.05) is 55.8 Å². The summed E-state index contributed by atoms with van der Waals surface area (Å²) in [6.45, 7) is 19.5. The predicted molar refractivity (Wildman–Crippen MR) is 377 cm³/mol. The van der Waals surface area contributed by atoms with Crippen molar-refractivity contribution in [2.75, 3.05) is 9.80 Å². The quantitative estimate of drug-likeness (QED) is 0.133. The molecule has 6 aliphatic rings. The predicted octanol–water partition coefficient (Wildman–Crippen LogP) is 24.6. The zero-order valence-electron chi connectivity index (χ0n) is 53.5. The summed E-state index contributed by atoms with van der Waals surface area (Å²) in [4.78, 5) is 5.15. The molecular formula is C87H82N2. The van der Waals surface area contributed by atoms with Gasteiger partial charge in [0.2, 0.25) is 0 Å². The van der Waals surface area contributed by atoms with Gasteiger partial charge in [0.15, 0.2) is 0 Å². The van der Waals surface area contributed by atoms with Crippen LogP contribution in [-0.2, 0) is 21.7 Å². The molecule has 0 aromatic heterocycles. The average Bonchev–Trinajstić information content (AvgIpc) is 1.61. The van der Waals surface area contributed by atoms with E-state index in [4.69, 9.17) is 0 Å². The zero-order chi connectivity index (χ0) is 60.3. The Morgan fingerprint density at radius 3 is 1.06 bits per heavy atom. The van der Waals surface area contributed by atoms with Gasteiger partial charge in [-0.2, -0.15) is 0 Å². The van der Waals surface area contributed by atoms with Crippen LogP contribution >= 0.6 is 0 Å². The molecule has 11 aromatic carbocycles. The van der Waals surface area contributed by atoms with Gasteiger partial charge in [-0.05, 0) is 263 Å². The fraction of sp³-hybridized carbons (Fsp3) is 0.287. The van der Waals surface area contributed by atoms with Crippen molar-refractivity contribution in [2.24, 2.45) is 0 Å². The topological polar surface area (TPSA) is 6.48 Å². The van der Waals surface area contributed by atoms with Crippen molar-refractivity contribution >= 4 is 55.7 Å². The third-order valence-corrected chi connectivity index (χ3v) is 23.5. The van der Waals surface area contributed by atoms with Gasteiger partial charge < -0.3 is 9.80 Å². The molecule has 0 amide bonds. The average molecular weight is 1160 g/mol. The van der Waals surface area contributed by atoms with E-state index in [2.05, 4.69) is 271 Å². The highest BCUT2D eigenvalue weighted by Gasteiger charge is 2.45. The van der Waals surface area contributed by atoms with Crippen molar-refractivity contribution in [1.29, 1.82) is 0 Å². The Balaban J connectivity index is 0.829. The molecule has 2 saturated carbocycles. The summed E-state index contributed by atoms with van der Waals surface area (Å²) < 4.78 is 0. The lowest BCUT2D eigenvalue weighted by atomic mass is 9.74. The number of para-hydroxylation sites is 2. The summed E-state index contributed by atoms with van der Waals surface area (Å²) in [5.74, 6) is 0.961. The second kappa shape index (κ2) is 20.0. The highest BCUT2D eigenvalue weighted by atomic mass is 15.1. The van der Waals surface area contributed by atoms with E-state index in [1.54, 1.807) is 11.1 Å². The molecule has 2 heteroatoms. The summed E-state index contributed by atoms with van der Waals surface area (Å²) in [6.07, 6.45) is 13.7. The first kappa shape index (κ1) is 54.7. The summed E-state index contributed by atoms with van der Waals surface area (Å²) >= 11 is 0. The third kappa shape index (κ3) is 8.00. The van der Waals surface area contributed by atoms with Crippen LogP contribution in [0, 0.1) is 0 Å². The van der Waals surface area contributed by atoms with Crippen molar-refractivity contribution in [3.8, 4) is 44.5 Å². The van der Waals surface area contributed by atoms with E-state index in [1.165, 1.54) is 209 Å². The molecule has 0 bridgehead atoms. The maximum atomic E-state index is 2.64. The molecule has 2 nitrogen and oxygen atoms in total. The first-order valence-electron chi connectivity index (χ1n) is 33.9. The lowest BCUT2D eigenvalue weighted by Crippen LogP contribution is -2.20. The second-order valence-electron chi connectivity index (χ2n) is 29.3. The van der Waals surface area contributed by atoms with Gasteiger partial charge in [0.25, 0.3) is 0 Å². The molecule has 89 heavy (non-hydrogen) atoms. The normalized spacial score (nSPS) is 18.8. The Labute approximate surface area is 528 Å². The SMILES string of the molecule is CCC1(C)c2cc(N(c3ccccc3)c3ccc4c(C5CCCCC5)c5cc(N(c6ccccc6)c6ccc7c(c6)C(C)(C)c6cc8c(cc6-7)C(C)(C)c6ccccc6-8)ccc5c(C5CCCCC5)c4c3)ccc2-c2cc3c(cc21)-c1ccccc1C3(C)C. The highest BCUT2D eigenvalue weighted by molar-refractivity contribution is 6.10. The molecule has 1 atom stereocenters. The molecule has 1 unspecified atom stereocenters. The lowest BCUT2D eigenvalue weighted by molar-refractivity contribution is 0.445. The van der Waals surface area contributed by atoms with Crippen molar-refractivity contribution in [2.45, 2.75) is 160 Å². The maximum Gasteiger partial charge on any atom is 0.0468 e. The van der Waals surface area contributed by atoms with Crippen molar-refractivity contribution in [3.05, 3.63) is 262 Å². The van der Waals surface area contributed by atoms with Crippen molar-refractivity contribution < 1.29 is 0 Å². The minimum Gasteiger partial charge on any atom is -0.310 e. The van der Waals surface area contributed by atoms with Crippen LogP contribution in [0.5, 0.6) is 0 Å². The fourth-order valence-electron chi connectivity index (χ4n) is 18.6. The molecule has 0 radical (unpaired) electrons. The molecule has 6 aliphatic carbocycles. The maximum absolute atomic E-state index is 2.64. The van der Waals surface area contributed by atoms with Gasteiger partial charge in [-0.1, -0.05) is 203 Å². The van der Waals surface area contributed by atoms with E-state index >= 15 is 0 Å². The van der Waals surface area contributed by atoms with E-state index in [1.807, 2.05) is 0 Å². The highest BCUT2D eigenvalue weighted by Crippen LogP contribution is 2.60. The molecule has 2 fully saturated rings. The number of fused-ring (bicyclic) bond motifs is 14. The van der Waals surface area contributed by atoms with Gasteiger partial charge in [0.05, 0.1) is 0 Å². The zero-order valence-corrected chi connectivity index (χ0v) is 53.5. The first-order valence-corrected chi connectivity index (χ1v) is 33.9. The van der Waals surface area contributed by atoms with E-state index in [-0.39, 0.29) is 21.7 Å². The Bertz CT molecular complexity index is 4720.